The molecule has 2 aliphatic rings. The first kappa shape index (κ1) is 19.0. The normalized spacial score (nSPS) is 18.2. The summed E-state index contributed by atoms with van der Waals surface area (Å²) in [5.74, 6) is 0.114. The molecule has 2 saturated heterocycles. The van der Waals surface area contributed by atoms with E-state index < -0.39 is 0 Å². The number of nitrogens with zero attached hydrogens (tertiary/aromatic N) is 2. The van der Waals surface area contributed by atoms with E-state index in [4.69, 9.17) is 11.6 Å². The van der Waals surface area contributed by atoms with E-state index in [2.05, 4.69) is 5.32 Å². The molecule has 2 heterocycles. The van der Waals surface area contributed by atoms with Gasteiger partial charge in [-0.3, -0.25) is 4.79 Å². The number of aryl methyl sites for hydroxylation is 1. The van der Waals surface area contributed by atoms with Crippen LogP contribution in [0, 0.1) is 0 Å². The van der Waals surface area contributed by atoms with Crippen molar-refractivity contribution in [2.24, 2.45) is 0 Å². The zero-order valence-electron chi connectivity index (χ0n) is 15.3. The molecule has 2 aliphatic heterocycles. The molecule has 0 saturated carbocycles. The van der Waals surface area contributed by atoms with Crippen molar-refractivity contribution in [3.05, 3.63) is 34.9 Å². The van der Waals surface area contributed by atoms with Crippen LogP contribution in [0.1, 0.15) is 44.1 Å². The number of amides is 3. The lowest BCUT2D eigenvalue weighted by Gasteiger charge is -2.34. The summed E-state index contributed by atoms with van der Waals surface area (Å²) in [6.45, 7) is 3.27. The molecule has 0 radical (unpaired) electrons. The summed E-state index contributed by atoms with van der Waals surface area (Å²) >= 11 is 5.88. The number of nitrogens with one attached hydrogen (secondary N) is 1. The lowest BCUT2D eigenvalue weighted by molar-refractivity contribution is -0.122. The van der Waals surface area contributed by atoms with E-state index in [1.54, 1.807) is 0 Å². The number of halogens is 1. The van der Waals surface area contributed by atoms with Gasteiger partial charge in [-0.2, -0.15) is 0 Å². The first-order valence-corrected chi connectivity index (χ1v) is 10.1. The van der Waals surface area contributed by atoms with E-state index in [0.29, 0.717) is 6.42 Å². The van der Waals surface area contributed by atoms with E-state index >= 15 is 0 Å². The average Bonchev–Trinajstić information content (AvgIpc) is 3.18. The Kier molecular flexibility index (Phi) is 6.78. The van der Waals surface area contributed by atoms with Crippen LogP contribution in [0.2, 0.25) is 5.02 Å². The Labute approximate surface area is 160 Å². The minimum atomic E-state index is 0.114. The van der Waals surface area contributed by atoms with Crippen molar-refractivity contribution in [2.45, 2.75) is 51.0 Å². The van der Waals surface area contributed by atoms with Gasteiger partial charge < -0.3 is 15.1 Å². The lowest BCUT2D eigenvalue weighted by Crippen LogP contribution is -2.50. The van der Waals surface area contributed by atoms with Crippen LogP contribution in [-0.4, -0.2) is 54.0 Å². The fraction of sp³-hybridized carbons (Fsp3) is 0.600. The van der Waals surface area contributed by atoms with Gasteiger partial charge in [0.15, 0.2) is 0 Å². The van der Waals surface area contributed by atoms with Crippen molar-refractivity contribution < 1.29 is 9.59 Å². The number of piperidine rings is 1. The third-order valence-electron chi connectivity index (χ3n) is 5.29. The number of carbonyl (C=O) groups excluding carboxylic acids is 2. The van der Waals surface area contributed by atoms with Crippen LogP contribution < -0.4 is 5.32 Å². The molecule has 0 atom stereocenters. The molecule has 5 nitrogen and oxygen atoms in total. The summed E-state index contributed by atoms with van der Waals surface area (Å²) < 4.78 is 0. The van der Waals surface area contributed by atoms with Gasteiger partial charge in [0.25, 0.3) is 0 Å². The Bertz CT molecular complexity index is 606. The summed E-state index contributed by atoms with van der Waals surface area (Å²) in [6.07, 6.45) is 6.19. The van der Waals surface area contributed by atoms with Gasteiger partial charge in [-0.1, -0.05) is 23.7 Å². The van der Waals surface area contributed by atoms with Gasteiger partial charge in [0.1, 0.15) is 0 Å². The van der Waals surface area contributed by atoms with Crippen molar-refractivity contribution in [3.8, 4) is 0 Å². The number of rotatable bonds is 5. The number of hydrogen-bond acceptors (Lipinski definition) is 2. The highest BCUT2D eigenvalue weighted by atomic mass is 35.5. The highest BCUT2D eigenvalue weighted by molar-refractivity contribution is 6.30. The van der Waals surface area contributed by atoms with Crippen molar-refractivity contribution >= 4 is 23.5 Å². The van der Waals surface area contributed by atoms with E-state index in [9.17, 15) is 9.59 Å². The Morgan fingerprint density at radius 1 is 1.00 bits per heavy atom. The molecular weight excluding hydrogens is 350 g/mol. The second-order valence-electron chi connectivity index (χ2n) is 7.29. The Hall–Kier alpha value is -1.75. The molecule has 0 spiro atoms. The van der Waals surface area contributed by atoms with Gasteiger partial charge in [-0.25, -0.2) is 4.79 Å². The number of likely N-dealkylation sites (tertiary alicyclic amines) is 2. The van der Waals surface area contributed by atoms with E-state index in [-0.39, 0.29) is 18.0 Å². The summed E-state index contributed by atoms with van der Waals surface area (Å²) in [7, 11) is 0. The maximum Gasteiger partial charge on any atom is 0.319 e. The average molecular weight is 378 g/mol. The van der Waals surface area contributed by atoms with Crippen LogP contribution >= 0.6 is 11.6 Å². The fourth-order valence-corrected chi connectivity index (χ4v) is 3.85. The number of benzene rings is 1. The van der Waals surface area contributed by atoms with Gasteiger partial charge in [0.2, 0.25) is 5.91 Å². The molecule has 1 N–H and O–H groups in total. The number of carbonyl (C=O) groups is 2. The van der Waals surface area contributed by atoms with Gasteiger partial charge in [-0.15, -0.1) is 0 Å². The van der Waals surface area contributed by atoms with Crippen LogP contribution in [0.15, 0.2) is 24.3 Å². The third-order valence-corrected chi connectivity index (χ3v) is 5.54. The topological polar surface area (TPSA) is 52.7 Å². The minimum Gasteiger partial charge on any atom is -0.353 e. The first-order valence-electron chi connectivity index (χ1n) is 9.69. The second-order valence-corrected chi connectivity index (χ2v) is 7.72. The Morgan fingerprint density at radius 2 is 1.62 bits per heavy atom. The lowest BCUT2D eigenvalue weighted by atomic mass is 10.0. The van der Waals surface area contributed by atoms with Crippen molar-refractivity contribution in [3.63, 3.8) is 0 Å². The minimum absolute atomic E-state index is 0.114. The number of hydrogen-bond donors (Lipinski definition) is 1. The van der Waals surface area contributed by atoms with Gasteiger partial charge in [0.05, 0.1) is 0 Å². The quantitative estimate of drug-likeness (QED) is 0.854. The summed E-state index contributed by atoms with van der Waals surface area (Å²) in [5.41, 5.74) is 1.20. The summed E-state index contributed by atoms with van der Waals surface area (Å²) in [6, 6.07) is 8.15. The van der Waals surface area contributed by atoms with Crippen LogP contribution in [0.3, 0.4) is 0 Å². The van der Waals surface area contributed by atoms with E-state index in [1.807, 2.05) is 34.1 Å². The molecule has 0 aliphatic carbocycles. The molecule has 1 aromatic rings. The summed E-state index contributed by atoms with van der Waals surface area (Å²) in [4.78, 5) is 28.4. The predicted molar refractivity (Wildman–Crippen MR) is 103 cm³/mol. The third kappa shape index (κ3) is 5.37. The fourth-order valence-electron chi connectivity index (χ4n) is 3.73. The molecule has 3 rings (SSSR count). The van der Waals surface area contributed by atoms with E-state index in [0.717, 1.165) is 69.7 Å². The van der Waals surface area contributed by atoms with Gasteiger partial charge in [0, 0.05) is 43.7 Å². The largest absolute Gasteiger partial charge is 0.353 e. The molecule has 0 unspecified atom stereocenters. The van der Waals surface area contributed by atoms with Crippen LogP contribution in [0.4, 0.5) is 4.79 Å². The van der Waals surface area contributed by atoms with Crippen LogP contribution in [0.25, 0.3) is 0 Å². The number of urea groups is 1. The highest BCUT2D eigenvalue weighted by Crippen LogP contribution is 2.16. The van der Waals surface area contributed by atoms with Crippen molar-refractivity contribution in [2.75, 3.05) is 26.2 Å². The predicted octanol–water partition coefficient (Wildman–Crippen LogP) is 3.46. The Balaban J connectivity index is 1.32. The van der Waals surface area contributed by atoms with Crippen molar-refractivity contribution in [1.82, 2.24) is 15.1 Å². The standard InChI is InChI=1S/C20H28ClN3O2/c21-17-8-6-16(7-9-17)4-3-5-19(25)22-18-10-14-24(15-11-18)20(26)23-12-1-2-13-23/h6-9,18H,1-5,10-15H2,(H,22,25). The zero-order chi connectivity index (χ0) is 18.4. The SMILES string of the molecule is O=C(CCCc1ccc(Cl)cc1)NC1CCN(C(=O)N2CCCC2)CC1. The molecule has 2 fully saturated rings. The highest BCUT2D eigenvalue weighted by Gasteiger charge is 2.28. The monoisotopic (exact) mass is 377 g/mol. The van der Waals surface area contributed by atoms with Crippen LogP contribution in [0.5, 0.6) is 0 Å². The maximum absolute atomic E-state index is 12.4. The maximum atomic E-state index is 12.4. The smallest absolute Gasteiger partial charge is 0.319 e. The molecular formula is C20H28ClN3O2. The molecule has 142 valence electrons. The second kappa shape index (κ2) is 9.26. The Morgan fingerprint density at radius 3 is 2.27 bits per heavy atom. The van der Waals surface area contributed by atoms with Crippen molar-refractivity contribution in [1.29, 1.82) is 0 Å². The molecule has 0 aromatic heterocycles. The van der Waals surface area contributed by atoms with Gasteiger partial charge in [-0.05, 0) is 56.2 Å². The van der Waals surface area contributed by atoms with E-state index in [1.165, 1.54) is 5.56 Å². The molecule has 3 amide bonds. The summed E-state index contributed by atoms with van der Waals surface area (Å²) in [5, 5.41) is 3.87. The molecule has 0 bridgehead atoms. The first-order chi connectivity index (χ1) is 12.6. The van der Waals surface area contributed by atoms with Crippen LogP contribution in [-0.2, 0) is 11.2 Å². The molecule has 6 heteroatoms. The molecule has 26 heavy (non-hydrogen) atoms. The molecule has 1 aromatic carbocycles. The van der Waals surface area contributed by atoms with Gasteiger partial charge >= 0.3 is 6.03 Å². The zero-order valence-corrected chi connectivity index (χ0v) is 16.0.